The van der Waals surface area contributed by atoms with Crippen LogP contribution in [0.4, 0.5) is 0 Å². The number of carbonyl (C=O) groups is 1. The smallest absolute Gasteiger partial charge is 0.138 e. The third-order valence-corrected chi connectivity index (χ3v) is 3.11. The molecule has 2 rings (SSSR count). The Morgan fingerprint density at radius 3 is 2.65 bits per heavy atom. The molecule has 3 heteroatoms. The third-order valence-electron chi connectivity index (χ3n) is 3.11. The van der Waals surface area contributed by atoms with Gasteiger partial charge in [0.25, 0.3) is 0 Å². The quantitative estimate of drug-likeness (QED) is 0.806. The first-order chi connectivity index (χ1) is 8.14. The first kappa shape index (κ1) is 12.1. The molecule has 1 aliphatic rings. The lowest BCUT2D eigenvalue weighted by atomic mass is 9.88. The summed E-state index contributed by atoms with van der Waals surface area (Å²) in [5.74, 6) is 1.12. The summed E-state index contributed by atoms with van der Waals surface area (Å²) in [5, 5.41) is 0. The summed E-state index contributed by atoms with van der Waals surface area (Å²) in [6.07, 6.45) is 0.994. The molecule has 1 atom stereocenters. The summed E-state index contributed by atoms with van der Waals surface area (Å²) in [4.78, 5) is 11.5. The van der Waals surface area contributed by atoms with Gasteiger partial charge in [0.1, 0.15) is 11.5 Å². The van der Waals surface area contributed by atoms with Crippen LogP contribution in [-0.4, -0.2) is 19.0 Å². The molecular weight excluding hydrogens is 216 g/mol. The second-order valence-corrected chi connectivity index (χ2v) is 4.50. The molecule has 1 unspecified atom stereocenters. The Labute approximate surface area is 102 Å². The summed E-state index contributed by atoms with van der Waals surface area (Å²) in [5.41, 5.74) is 0.564. The highest BCUT2D eigenvalue weighted by Crippen LogP contribution is 2.33. The van der Waals surface area contributed by atoms with Gasteiger partial charge in [-0.2, -0.15) is 0 Å². The van der Waals surface area contributed by atoms with Crippen molar-refractivity contribution in [3.05, 3.63) is 29.8 Å². The average molecular weight is 234 g/mol. The number of benzene rings is 1. The normalized spacial score (nSPS) is 24.7. The Bertz CT molecular complexity index is 396. The average Bonchev–Trinajstić information content (AvgIpc) is 2.30. The second-order valence-electron chi connectivity index (χ2n) is 4.50. The number of ketones is 1. The van der Waals surface area contributed by atoms with Crippen molar-refractivity contribution in [3.63, 3.8) is 0 Å². The third kappa shape index (κ3) is 2.67. The van der Waals surface area contributed by atoms with Crippen LogP contribution in [0.25, 0.3) is 0 Å². The molecule has 1 aromatic rings. The van der Waals surface area contributed by atoms with Crippen LogP contribution in [0, 0.1) is 0 Å². The van der Waals surface area contributed by atoms with E-state index < -0.39 is 5.60 Å². The molecule has 3 nitrogen and oxygen atoms in total. The molecule has 0 radical (unpaired) electrons. The van der Waals surface area contributed by atoms with Crippen LogP contribution in [-0.2, 0) is 15.1 Å². The Kier molecular flexibility index (Phi) is 3.48. The maximum absolute atomic E-state index is 11.5. The van der Waals surface area contributed by atoms with Crippen LogP contribution < -0.4 is 4.74 Å². The summed E-state index contributed by atoms with van der Waals surface area (Å²) in [6, 6.07) is 7.80. The minimum atomic E-state index is -0.472. The second kappa shape index (κ2) is 4.88. The molecule has 0 bridgehead atoms. The van der Waals surface area contributed by atoms with Gasteiger partial charge in [-0.3, -0.25) is 4.79 Å². The van der Waals surface area contributed by atoms with Crippen molar-refractivity contribution in [2.24, 2.45) is 0 Å². The van der Waals surface area contributed by atoms with Gasteiger partial charge in [-0.25, -0.2) is 0 Å². The van der Waals surface area contributed by atoms with E-state index in [-0.39, 0.29) is 5.78 Å². The maximum Gasteiger partial charge on any atom is 0.138 e. The zero-order chi connectivity index (χ0) is 12.3. The molecule has 0 spiro atoms. The summed E-state index contributed by atoms with van der Waals surface area (Å²) < 4.78 is 11.2. The Morgan fingerprint density at radius 1 is 1.35 bits per heavy atom. The molecule has 0 aliphatic carbocycles. The van der Waals surface area contributed by atoms with Gasteiger partial charge in [0.15, 0.2) is 0 Å². The molecule has 92 valence electrons. The van der Waals surface area contributed by atoms with Gasteiger partial charge in [0.05, 0.1) is 18.8 Å². The van der Waals surface area contributed by atoms with E-state index in [2.05, 4.69) is 0 Å². The van der Waals surface area contributed by atoms with Gasteiger partial charge >= 0.3 is 0 Å². The van der Waals surface area contributed by atoms with Crippen molar-refractivity contribution < 1.29 is 14.3 Å². The lowest BCUT2D eigenvalue weighted by Gasteiger charge is -2.33. The summed E-state index contributed by atoms with van der Waals surface area (Å²) in [6.45, 7) is 5.10. The zero-order valence-electron chi connectivity index (χ0n) is 10.4. The van der Waals surface area contributed by atoms with Gasteiger partial charge < -0.3 is 9.47 Å². The van der Waals surface area contributed by atoms with Gasteiger partial charge in [0.2, 0.25) is 0 Å². The topological polar surface area (TPSA) is 35.5 Å². The predicted octanol–water partition coefficient (Wildman–Crippen LogP) is 2.68. The highest BCUT2D eigenvalue weighted by Gasteiger charge is 2.33. The van der Waals surface area contributed by atoms with E-state index in [4.69, 9.17) is 9.47 Å². The van der Waals surface area contributed by atoms with E-state index in [1.165, 1.54) is 0 Å². The fourth-order valence-electron chi connectivity index (χ4n) is 2.16. The molecule has 0 aromatic heterocycles. The first-order valence-electron chi connectivity index (χ1n) is 6.03. The van der Waals surface area contributed by atoms with Crippen LogP contribution in [0.2, 0.25) is 0 Å². The molecule has 0 saturated carbocycles. The van der Waals surface area contributed by atoms with Crippen LogP contribution >= 0.6 is 0 Å². The van der Waals surface area contributed by atoms with Crippen molar-refractivity contribution in [2.75, 3.05) is 13.2 Å². The van der Waals surface area contributed by atoms with Gasteiger partial charge in [-0.05, 0) is 31.5 Å². The Balaban J connectivity index is 2.18. The number of rotatable bonds is 3. The van der Waals surface area contributed by atoms with E-state index in [9.17, 15) is 4.79 Å². The first-order valence-corrected chi connectivity index (χ1v) is 6.03. The van der Waals surface area contributed by atoms with E-state index in [1.807, 2.05) is 38.1 Å². The van der Waals surface area contributed by atoms with E-state index in [0.29, 0.717) is 26.1 Å². The van der Waals surface area contributed by atoms with E-state index in [1.54, 1.807) is 0 Å². The summed E-state index contributed by atoms with van der Waals surface area (Å²) in [7, 11) is 0. The fourth-order valence-corrected chi connectivity index (χ4v) is 2.16. The Morgan fingerprint density at radius 2 is 2.06 bits per heavy atom. The number of ether oxygens (including phenoxy) is 2. The molecule has 1 heterocycles. The van der Waals surface area contributed by atoms with Gasteiger partial charge in [0, 0.05) is 12.8 Å². The molecule has 0 amide bonds. The standard InChI is InChI=1S/C14H18O3/c1-3-16-13-6-4-11(5-7-13)14(2)10-12(15)8-9-17-14/h4-7H,3,8-10H2,1-2H3. The molecule has 17 heavy (non-hydrogen) atoms. The highest BCUT2D eigenvalue weighted by molar-refractivity contribution is 5.80. The maximum atomic E-state index is 11.5. The Hall–Kier alpha value is -1.35. The largest absolute Gasteiger partial charge is 0.494 e. The van der Waals surface area contributed by atoms with Gasteiger partial charge in [-0.1, -0.05) is 12.1 Å². The van der Waals surface area contributed by atoms with Crippen molar-refractivity contribution >= 4 is 5.78 Å². The monoisotopic (exact) mass is 234 g/mol. The van der Waals surface area contributed by atoms with E-state index in [0.717, 1.165) is 11.3 Å². The number of hydrogen-bond donors (Lipinski definition) is 0. The molecular formula is C14H18O3. The highest BCUT2D eigenvalue weighted by atomic mass is 16.5. The van der Waals surface area contributed by atoms with Crippen LogP contribution in [0.15, 0.2) is 24.3 Å². The van der Waals surface area contributed by atoms with Crippen molar-refractivity contribution in [3.8, 4) is 5.75 Å². The van der Waals surface area contributed by atoms with Crippen molar-refractivity contribution in [1.29, 1.82) is 0 Å². The van der Waals surface area contributed by atoms with Crippen LogP contribution in [0.5, 0.6) is 5.75 Å². The van der Waals surface area contributed by atoms with Gasteiger partial charge in [-0.15, -0.1) is 0 Å². The summed E-state index contributed by atoms with van der Waals surface area (Å²) >= 11 is 0. The van der Waals surface area contributed by atoms with Crippen molar-refractivity contribution in [2.45, 2.75) is 32.3 Å². The van der Waals surface area contributed by atoms with Crippen LogP contribution in [0.1, 0.15) is 32.3 Å². The minimum absolute atomic E-state index is 0.271. The van der Waals surface area contributed by atoms with E-state index >= 15 is 0 Å². The number of hydrogen-bond acceptors (Lipinski definition) is 3. The molecule has 0 N–H and O–H groups in total. The predicted molar refractivity (Wildman–Crippen MR) is 65.2 cm³/mol. The fraction of sp³-hybridized carbons (Fsp3) is 0.500. The molecule has 1 aromatic carbocycles. The van der Waals surface area contributed by atoms with Crippen LogP contribution in [0.3, 0.4) is 0 Å². The minimum Gasteiger partial charge on any atom is -0.494 e. The number of carbonyl (C=O) groups excluding carboxylic acids is 1. The zero-order valence-corrected chi connectivity index (χ0v) is 10.4. The molecule has 1 aliphatic heterocycles. The molecule has 1 saturated heterocycles. The van der Waals surface area contributed by atoms with Crippen molar-refractivity contribution in [1.82, 2.24) is 0 Å². The SMILES string of the molecule is CCOc1ccc(C2(C)CC(=O)CCO2)cc1. The number of Topliss-reactive ketones (excluding diaryl/α,β-unsaturated/α-hetero) is 1. The lowest BCUT2D eigenvalue weighted by Crippen LogP contribution is -2.34. The lowest BCUT2D eigenvalue weighted by molar-refractivity contribution is -0.138. The molecule has 1 fully saturated rings.